The Kier molecular flexibility index (Phi) is 3.23. The normalized spacial score (nSPS) is 12.9. The molecule has 0 radical (unpaired) electrons. The van der Waals surface area contributed by atoms with Crippen molar-refractivity contribution in [2.24, 2.45) is 0 Å². The average molecular weight is 165 g/mol. The molecule has 0 amide bonds. The van der Waals surface area contributed by atoms with Crippen LogP contribution >= 0.6 is 0 Å². The van der Waals surface area contributed by atoms with E-state index in [0.29, 0.717) is 0 Å². The summed E-state index contributed by atoms with van der Waals surface area (Å²) in [5.41, 5.74) is 2.11. The maximum atomic E-state index is 9.06. The van der Waals surface area contributed by atoms with Gasteiger partial charge < -0.3 is 5.11 Å². The molecular formula is C10H15NO. The van der Waals surface area contributed by atoms with E-state index in [1.54, 1.807) is 6.92 Å². The lowest BCUT2D eigenvalue weighted by Crippen LogP contribution is -2.02. The third-order valence-electron chi connectivity index (χ3n) is 1.76. The molecule has 2 nitrogen and oxygen atoms in total. The fourth-order valence-corrected chi connectivity index (χ4v) is 1.10. The summed E-state index contributed by atoms with van der Waals surface area (Å²) in [6.07, 6.45) is 1.42. The van der Waals surface area contributed by atoms with Gasteiger partial charge >= 0.3 is 0 Å². The Morgan fingerprint density at radius 2 is 2.25 bits per heavy atom. The third-order valence-corrected chi connectivity index (χ3v) is 1.76. The largest absolute Gasteiger partial charge is 0.393 e. The van der Waals surface area contributed by atoms with Gasteiger partial charge in [-0.2, -0.15) is 0 Å². The molecule has 0 aliphatic rings. The highest BCUT2D eigenvalue weighted by Gasteiger charge is 1.98. The summed E-state index contributed by atoms with van der Waals surface area (Å²) < 4.78 is 0. The summed E-state index contributed by atoms with van der Waals surface area (Å²) in [7, 11) is 0. The molecule has 1 N–H and O–H groups in total. The maximum absolute atomic E-state index is 9.06. The van der Waals surface area contributed by atoms with E-state index in [2.05, 4.69) is 4.98 Å². The van der Waals surface area contributed by atoms with Gasteiger partial charge in [0, 0.05) is 11.4 Å². The summed E-state index contributed by atoms with van der Waals surface area (Å²) >= 11 is 0. The SMILES string of the molecule is Cc1cccc(CCC(C)O)n1. The van der Waals surface area contributed by atoms with E-state index < -0.39 is 0 Å². The molecule has 1 unspecified atom stereocenters. The van der Waals surface area contributed by atoms with Crippen LogP contribution in [0.5, 0.6) is 0 Å². The van der Waals surface area contributed by atoms with E-state index in [1.807, 2.05) is 25.1 Å². The van der Waals surface area contributed by atoms with Crippen LogP contribution in [0.25, 0.3) is 0 Å². The molecule has 0 saturated heterocycles. The minimum Gasteiger partial charge on any atom is -0.393 e. The molecule has 1 aromatic rings. The number of nitrogens with zero attached hydrogens (tertiary/aromatic N) is 1. The molecule has 1 aromatic heterocycles. The fraction of sp³-hybridized carbons (Fsp3) is 0.500. The van der Waals surface area contributed by atoms with Gasteiger partial charge in [0.2, 0.25) is 0 Å². The lowest BCUT2D eigenvalue weighted by molar-refractivity contribution is 0.184. The number of rotatable bonds is 3. The van der Waals surface area contributed by atoms with E-state index in [9.17, 15) is 0 Å². The fourth-order valence-electron chi connectivity index (χ4n) is 1.10. The highest BCUT2D eigenvalue weighted by atomic mass is 16.3. The summed E-state index contributed by atoms with van der Waals surface area (Å²) in [4.78, 5) is 4.33. The van der Waals surface area contributed by atoms with Crippen molar-refractivity contribution in [2.75, 3.05) is 0 Å². The zero-order chi connectivity index (χ0) is 8.97. The molecule has 0 spiro atoms. The minimum atomic E-state index is -0.229. The number of hydrogen-bond acceptors (Lipinski definition) is 2. The number of aliphatic hydroxyl groups excluding tert-OH is 1. The van der Waals surface area contributed by atoms with E-state index in [1.165, 1.54) is 0 Å². The van der Waals surface area contributed by atoms with Gasteiger partial charge in [-0.15, -0.1) is 0 Å². The van der Waals surface area contributed by atoms with Gasteiger partial charge in [-0.25, -0.2) is 0 Å². The number of pyridine rings is 1. The van der Waals surface area contributed by atoms with E-state index in [0.717, 1.165) is 24.2 Å². The van der Waals surface area contributed by atoms with E-state index in [4.69, 9.17) is 5.11 Å². The van der Waals surface area contributed by atoms with Crippen molar-refractivity contribution >= 4 is 0 Å². The molecule has 1 atom stereocenters. The van der Waals surface area contributed by atoms with E-state index >= 15 is 0 Å². The molecule has 1 heterocycles. The predicted octanol–water partition coefficient (Wildman–Crippen LogP) is 1.70. The second kappa shape index (κ2) is 4.21. The standard InChI is InChI=1S/C10H15NO/c1-8-4-3-5-10(11-8)7-6-9(2)12/h3-5,9,12H,6-7H2,1-2H3. The molecule has 0 fully saturated rings. The van der Waals surface area contributed by atoms with Gasteiger partial charge in [0.05, 0.1) is 6.10 Å². The molecule has 0 bridgehead atoms. The highest BCUT2D eigenvalue weighted by Crippen LogP contribution is 2.03. The third kappa shape index (κ3) is 3.01. The monoisotopic (exact) mass is 165 g/mol. The van der Waals surface area contributed by atoms with Crippen LogP contribution in [0.3, 0.4) is 0 Å². The van der Waals surface area contributed by atoms with Crippen LogP contribution in [0.15, 0.2) is 18.2 Å². The number of aliphatic hydroxyl groups is 1. The zero-order valence-electron chi connectivity index (χ0n) is 7.62. The summed E-state index contributed by atoms with van der Waals surface area (Å²) in [5, 5.41) is 9.06. The van der Waals surface area contributed by atoms with Crippen molar-refractivity contribution in [1.82, 2.24) is 4.98 Å². The number of aromatic nitrogens is 1. The van der Waals surface area contributed by atoms with Crippen molar-refractivity contribution < 1.29 is 5.11 Å². The Labute approximate surface area is 73.3 Å². The van der Waals surface area contributed by atoms with Gasteiger partial charge in [-0.05, 0) is 38.8 Å². The number of hydrogen-bond donors (Lipinski definition) is 1. The Morgan fingerprint density at radius 1 is 1.50 bits per heavy atom. The van der Waals surface area contributed by atoms with Crippen molar-refractivity contribution in [3.8, 4) is 0 Å². The minimum absolute atomic E-state index is 0.229. The van der Waals surface area contributed by atoms with Crippen LogP contribution in [0.1, 0.15) is 24.7 Å². The van der Waals surface area contributed by atoms with Crippen molar-refractivity contribution in [3.63, 3.8) is 0 Å². The maximum Gasteiger partial charge on any atom is 0.0515 e. The van der Waals surface area contributed by atoms with Crippen LogP contribution in [0.2, 0.25) is 0 Å². The first-order chi connectivity index (χ1) is 5.68. The van der Waals surface area contributed by atoms with Crippen LogP contribution in [-0.2, 0) is 6.42 Å². The lowest BCUT2D eigenvalue weighted by Gasteiger charge is -2.03. The first kappa shape index (κ1) is 9.20. The first-order valence-corrected chi connectivity index (χ1v) is 4.29. The van der Waals surface area contributed by atoms with Gasteiger partial charge in [0.1, 0.15) is 0 Å². The smallest absolute Gasteiger partial charge is 0.0515 e. The Bertz CT molecular complexity index is 245. The molecule has 12 heavy (non-hydrogen) atoms. The van der Waals surface area contributed by atoms with Crippen LogP contribution < -0.4 is 0 Å². The molecule has 0 aliphatic heterocycles. The van der Waals surface area contributed by atoms with Gasteiger partial charge in [-0.3, -0.25) is 4.98 Å². The van der Waals surface area contributed by atoms with Crippen LogP contribution in [-0.4, -0.2) is 16.2 Å². The van der Waals surface area contributed by atoms with Crippen molar-refractivity contribution in [2.45, 2.75) is 32.8 Å². The molecule has 0 aliphatic carbocycles. The van der Waals surface area contributed by atoms with Crippen molar-refractivity contribution in [1.29, 1.82) is 0 Å². The second-order valence-corrected chi connectivity index (χ2v) is 3.16. The summed E-state index contributed by atoms with van der Waals surface area (Å²) in [5.74, 6) is 0. The molecule has 66 valence electrons. The highest BCUT2D eigenvalue weighted by molar-refractivity contribution is 5.09. The van der Waals surface area contributed by atoms with Gasteiger partial charge in [-0.1, -0.05) is 6.07 Å². The van der Waals surface area contributed by atoms with Crippen molar-refractivity contribution in [3.05, 3.63) is 29.6 Å². The average Bonchev–Trinajstić information content (AvgIpc) is 2.01. The molecule has 1 rings (SSSR count). The van der Waals surface area contributed by atoms with Crippen LogP contribution in [0, 0.1) is 6.92 Å². The van der Waals surface area contributed by atoms with E-state index in [-0.39, 0.29) is 6.10 Å². The lowest BCUT2D eigenvalue weighted by atomic mass is 10.1. The zero-order valence-corrected chi connectivity index (χ0v) is 7.62. The topological polar surface area (TPSA) is 33.1 Å². The molecular weight excluding hydrogens is 150 g/mol. The second-order valence-electron chi connectivity index (χ2n) is 3.16. The Balaban J connectivity index is 2.52. The Hall–Kier alpha value is -0.890. The van der Waals surface area contributed by atoms with Gasteiger partial charge in [0.15, 0.2) is 0 Å². The molecule has 2 heteroatoms. The predicted molar refractivity (Wildman–Crippen MR) is 49.0 cm³/mol. The Morgan fingerprint density at radius 3 is 2.83 bits per heavy atom. The molecule has 0 saturated carbocycles. The van der Waals surface area contributed by atoms with Crippen LogP contribution in [0.4, 0.5) is 0 Å². The number of aryl methyl sites for hydroxylation is 2. The quantitative estimate of drug-likeness (QED) is 0.739. The summed E-state index contributed by atoms with van der Waals surface area (Å²) in [6.45, 7) is 3.78. The summed E-state index contributed by atoms with van der Waals surface area (Å²) in [6, 6.07) is 5.97. The first-order valence-electron chi connectivity index (χ1n) is 4.29. The van der Waals surface area contributed by atoms with Gasteiger partial charge in [0.25, 0.3) is 0 Å². The molecule has 0 aromatic carbocycles.